The normalized spacial score (nSPS) is 16.1. The Morgan fingerprint density at radius 2 is 1.97 bits per heavy atom. The maximum Gasteiger partial charge on any atom is 0.259 e. The zero-order chi connectivity index (χ0) is 24.1. The predicted molar refractivity (Wildman–Crippen MR) is 145 cm³/mol. The third-order valence-electron chi connectivity index (χ3n) is 6.59. The van der Waals surface area contributed by atoms with E-state index in [1.165, 1.54) is 25.6 Å². The van der Waals surface area contributed by atoms with Gasteiger partial charge in [0.25, 0.3) is 5.56 Å². The van der Waals surface area contributed by atoms with Gasteiger partial charge in [0.1, 0.15) is 5.76 Å². The molecule has 0 bridgehead atoms. The third-order valence-corrected chi connectivity index (χ3v) is 7.32. The number of hydrogen-bond donors (Lipinski definition) is 1. The second-order valence-corrected chi connectivity index (χ2v) is 9.35. The van der Waals surface area contributed by atoms with Crippen LogP contribution in [-0.4, -0.2) is 49.0 Å². The molecule has 1 atom stereocenters. The van der Waals surface area contributed by atoms with E-state index in [0.717, 1.165) is 27.5 Å². The van der Waals surface area contributed by atoms with Crippen molar-refractivity contribution in [2.75, 3.05) is 32.9 Å². The highest BCUT2D eigenvalue weighted by molar-refractivity contribution is 7.13. The lowest BCUT2D eigenvalue weighted by atomic mass is 9.88. The van der Waals surface area contributed by atoms with Gasteiger partial charge in [-0.05, 0) is 35.8 Å². The first kappa shape index (κ1) is 27.0. The monoisotopic (exact) mass is 565 g/mol. The molecule has 0 spiro atoms. The first-order valence-corrected chi connectivity index (χ1v) is 12.2. The van der Waals surface area contributed by atoms with Crippen LogP contribution in [-0.2, 0) is 22.4 Å². The van der Waals surface area contributed by atoms with Crippen molar-refractivity contribution in [1.29, 1.82) is 0 Å². The molecule has 3 aromatic rings. The summed E-state index contributed by atoms with van der Waals surface area (Å²) in [7, 11) is 2.94. The summed E-state index contributed by atoms with van der Waals surface area (Å²) in [5.41, 5.74) is 4.00. The van der Waals surface area contributed by atoms with Gasteiger partial charge >= 0.3 is 0 Å². The molecule has 3 heterocycles. The second kappa shape index (κ2) is 10.7. The molecule has 1 aromatic carbocycles. The SMILES string of the molecule is COC1=Cc2c(c3c(n(CCCNc4nccs4)c2=O)-c2cc4c(cc2C3)OCO4)C(=O)C1OC.Cl.Cl. The summed E-state index contributed by atoms with van der Waals surface area (Å²) in [5, 5.41) is 6.04. The van der Waals surface area contributed by atoms with E-state index >= 15 is 0 Å². The van der Waals surface area contributed by atoms with E-state index in [1.54, 1.807) is 16.8 Å². The van der Waals surface area contributed by atoms with Crippen LogP contribution in [0.1, 0.15) is 33.5 Å². The zero-order valence-electron chi connectivity index (χ0n) is 20.1. The van der Waals surface area contributed by atoms with Gasteiger partial charge in [-0.1, -0.05) is 0 Å². The molecule has 3 aliphatic rings. The van der Waals surface area contributed by atoms with Crippen molar-refractivity contribution in [3.63, 3.8) is 0 Å². The smallest absolute Gasteiger partial charge is 0.259 e. The number of ketones is 1. The molecular weight excluding hydrogens is 541 g/mol. The number of thiazole rings is 1. The van der Waals surface area contributed by atoms with Gasteiger partial charge in [-0.15, -0.1) is 36.2 Å². The average Bonchev–Trinajstić information content (AvgIpc) is 3.61. The number of nitrogens with one attached hydrogen (secondary N) is 1. The van der Waals surface area contributed by atoms with Crippen molar-refractivity contribution >= 4 is 53.1 Å². The molecule has 0 fully saturated rings. The summed E-state index contributed by atoms with van der Waals surface area (Å²) in [5.74, 6) is 1.38. The molecule has 0 radical (unpaired) electrons. The van der Waals surface area contributed by atoms with Gasteiger partial charge in [0.05, 0.1) is 18.4 Å². The quantitative estimate of drug-likeness (QED) is 0.333. The molecule has 196 valence electrons. The highest BCUT2D eigenvalue weighted by atomic mass is 35.5. The number of fused-ring (bicyclic) bond motifs is 6. The van der Waals surface area contributed by atoms with Crippen LogP contribution in [0.4, 0.5) is 5.13 Å². The molecular formula is C25H25Cl2N3O6S. The number of ether oxygens (including phenoxy) is 4. The fraction of sp³-hybridized carbons (Fsp3) is 0.320. The fourth-order valence-corrected chi connectivity index (χ4v) is 5.62. The number of benzene rings is 1. The number of Topliss-reactive ketones (excluding diaryl/α,β-unsaturated/α-hetero) is 1. The Balaban J connectivity index is 0.00000160. The van der Waals surface area contributed by atoms with E-state index in [2.05, 4.69) is 10.3 Å². The molecule has 12 heteroatoms. The lowest BCUT2D eigenvalue weighted by Crippen LogP contribution is -2.36. The van der Waals surface area contributed by atoms with Crippen molar-refractivity contribution < 1.29 is 23.7 Å². The summed E-state index contributed by atoms with van der Waals surface area (Å²) in [6.07, 6.45) is 3.72. The summed E-state index contributed by atoms with van der Waals surface area (Å²) in [6.45, 7) is 1.30. The van der Waals surface area contributed by atoms with Crippen LogP contribution in [0.15, 0.2) is 34.3 Å². The lowest BCUT2D eigenvalue weighted by molar-refractivity contribution is 0.0536. The number of halogens is 2. The van der Waals surface area contributed by atoms with E-state index in [9.17, 15) is 9.59 Å². The number of anilines is 1. The third kappa shape index (κ3) is 4.37. The van der Waals surface area contributed by atoms with Gasteiger partial charge in [0.2, 0.25) is 6.79 Å². The maximum atomic E-state index is 13.8. The molecule has 1 unspecified atom stereocenters. The molecule has 0 saturated carbocycles. The summed E-state index contributed by atoms with van der Waals surface area (Å²) < 4.78 is 23.8. The fourth-order valence-electron chi connectivity index (χ4n) is 5.06. The minimum atomic E-state index is -0.880. The van der Waals surface area contributed by atoms with Crippen LogP contribution in [0.3, 0.4) is 0 Å². The topological polar surface area (TPSA) is 101 Å². The van der Waals surface area contributed by atoms with E-state index in [-0.39, 0.29) is 42.9 Å². The molecule has 0 saturated heterocycles. The Morgan fingerprint density at radius 3 is 2.68 bits per heavy atom. The Kier molecular flexibility index (Phi) is 7.84. The molecule has 2 aliphatic carbocycles. The Bertz CT molecular complexity index is 1440. The predicted octanol–water partition coefficient (Wildman–Crippen LogP) is 4.15. The van der Waals surface area contributed by atoms with Gasteiger partial charge < -0.3 is 28.8 Å². The lowest BCUT2D eigenvalue weighted by Gasteiger charge is -2.26. The maximum absolute atomic E-state index is 13.8. The number of carbonyl (C=O) groups excluding carboxylic acids is 1. The highest BCUT2D eigenvalue weighted by Crippen LogP contribution is 2.46. The van der Waals surface area contributed by atoms with E-state index in [1.807, 2.05) is 17.5 Å². The molecule has 1 N–H and O–H groups in total. The minimum Gasteiger partial charge on any atom is -0.498 e. The van der Waals surface area contributed by atoms with Crippen LogP contribution in [0.5, 0.6) is 11.5 Å². The van der Waals surface area contributed by atoms with Gasteiger partial charge in [-0.2, -0.15) is 0 Å². The summed E-state index contributed by atoms with van der Waals surface area (Å²) in [4.78, 5) is 31.6. The number of hydrogen-bond acceptors (Lipinski definition) is 9. The first-order chi connectivity index (χ1) is 17.1. The van der Waals surface area contributed by atoms with E-state index in [0.29, 0.717) is 54.3 Å². The van der Waals surface area contributed by atoms with E-state index in [4.69, 9.17) is 18.9 Å². The Labute approximate surface area is 229 Å². The zero-order valence-corrected chi connectivity index (χ0v) is 22.5. The van der Waals surface area contributed by atoms with Crippen LogP contribution < -0.4 is 20.3 Å². The van der Waals surface area contributed by atoms with Crippen LogP contribution in [0.25, 0.3) is 17.3 Å². The standard InChI is InChI=1S/C25H23N3O6S.2ClH/c1-31-19-11-16-20(22(29)23(19)32-2)15-8-13-9-17-18(34-12-33-17)10-14(13)21(15)28(24(16)30)6-3-4-26-25-27-5-7-35-25;;/h5,7,9-11,23H,3-4,6,8,12H2,1-2H3,(H,26,27);2*1H. The van der Waals surface area contributed by atoms with Gasteiger partial charge in [0, 0.05) is 49.3 Å². The number of methoxy groups -OCH3 is 2. The number of nitrogens with zero attached hydrogens (tertiary/aromatic N) is 2. The number of aromatic nitrogens is 2. The number of rotatable bonds is 7. The van der Waals surface area contributed by atoms with E-state index < -0.39 is 6.10 Å². The molecule has 37 heavy (non-hydrogen) atoms. The average molecular weight is 566 g/mol. The minimum absolute atomic E-state index is 0. The Morgan fingerprint density at radius 1 is 1.19 bits per heavy atom. The van der Waals surface area contributed by atoms with Gasteiger partial charge in [-0.25, -0.2) is 4.98 Å². The van der Waals surface area contributed by atoms with Crippen molar-refractivity contribution in [2.24, 2.45) is 0 Å². The summed E-state index contributed by atoms with van der Waals surface area (Å²) in [6, 6.07) is 3.86. The van der Waals surface area contributed by atoms with Gasteiger partial charge in [-0.3, -0.25) is 9.59 Å². The second-order valence-electron chi connectivity index (χ2n) is 8.46. The first-order valence-electron chi connectivity index (χ1n) is 11.3. The van der Waals surface area contributed by atoms with Crippen molar-refractivity contribution in [3.8, 4) is 22.8 Å². The largest absolute Gasteiger partial charge is 0.498 e. The van der Waals surface area contributed by atoms with Gasteiger partial charge in [0.15, 0.2) is 28.5 Å². The summed E-state index contributed by atoms with van der Waals surface area (Å²) >= 11 is 1.53. The van der Waals surface area contributed by atoms with Crippen LogP contribution in [0, 0.1) is 0 Å². The van der Waals surface area contributed by atoms with Crippen LogP contribution in [0.2, 0.25) is 0 Å². The van der Waals surface area contributed by atoms with Crippen molar-refractivity contribution in [2.45, 2.75) is 25.5 Å². The molecule has 0 amide bonds. The highest BCUT2D eigenvalue weighted by Gasteiger charge is 2.39. The molecule has 2 aromatic heterocycles. The van der Waals surface area contributed by atoms with Crippen molar-refractivity contribution in [3.05, 3.63) is 62.1 Å². The molecule has 6 rings (SSSR count). The number of carbonyl (C=O) groups is 1. The van der Waals surface area contributed by atoms with Crippen molar-refractivity contribution in [1.82, 2.24) is 9.55 Å². The Hall–Kier alpha value is -3.05. The van der Waals surface area contributed by atoms with Crippen LogP contribution >= 0.6 is 36.2 Å². The molecule has 1 aliphatic heterocycles. The molecule has 9 nitrogen and oxygen atoms in total. The number of pyridine rings is 1.